The van der Waals surface area contributed by atoms with Crippen molar-refractivity contribution in [3.63, 3.8) is 0 Å². The summed E-state index contributed by atoms with van der Waals surface area (Å²) < 4.78 is 0.893. The molecule has 0 bridgehead atoms. The van der Waals surface area contributed by atoms with Crippen molar-refractivity contribution in [2.24, 2.45) is 0 Å². The highest BCUT2D eigenvalue weighted by molar-refractivity contribution is 9.10. The monoisotopic (exact) mass is 281 g/mol. The molecule has 0 saturated heterocycles. The molecule has 2 rings (SSSR count). The fraction of sp³-hybridized carbons (Fsp3) is 0.300. The number of aromatic amines is 1. The predicted octanol–water partition coefficient (Wildman–Crippen LogP) is 2.37. The van der Waals surface area contributed by atoms with Crippen LogP contribution >= 0.6 is 15.9 Å². The molecule has 0 saturated carbocycles. The average Bonchev–Trinajstić information content (AvgIpc) is 2.78. The molecule has 0 fully saturated rings. The Morgan fingerprint density at radius 1 is 1.44 bits per heavy atom. The highest BCUT2D eigenvalue weighted by Crippen LogP contribution is 2.25. The normalized spacial score (nSPS) is 10.4. The number of imidazole rings is 1. The maximum atomic E-state index is 4.40. The van der Waals surface area contributed by atoms with E-state index in [4.69, 9.17) is 0 Å². The molecule has 0 atom stereocenters. The highest BCUT2D eigenvalue weighted by Gasteiger charge is 2.11. The van der Waals surface area contributed by atoms with Crippen molar-refractivity contribution in [3.8, 4) is 11.6 Å². The van der Waals surface area contributed by atoms with Crippen LogP contribution in [0.3, 0.4) is 0 Å². The number of aryl methyl sites for hydroxylation is 1. The van der Waals surface area contributed by atoms with Crippen LogP contribution in [0.5, 0.6) is 0 Å². The molecule has 0 aromatic carbocycles. The smallest absolute Gasteiger partial charge is 0.197 e. The van der Waals surface area contributed by atoms with Crippen LogP contribution in [0.2, 0.25) is 0 Å². The zero-order valence-corrected chi connectivity index (χ0v) is 10.7. The molecule has 84 valence electrons. The molecule has 0 aliphatic carbocycles. The zero-order chi connectivity index (χ0) is 11.5. The van der Waals surface area contributed by atoms with Crippen LogP contribution in [0.15, 0.2) is 16.9 Å². The van der Waals surface area contributed by atoms with Gasteiger partial charge in [0.05, 0.1) is 10.2 Å². The second-order valence-electron chi connectivity index (χ2n) is 3.26. The van der Waals surface area contributed by atoms with Gasteiger partial charge in [0.15, 0.2) is 11.6 Å². The van der Waals surface area contributed by atoms with E-state index in [1.54, 1.807) is 12.4 Å². The molecule has 2 N–H and O–H groups in total. The van der Waals surface area contributed by atoms with E-state index in [1.165, 1.54) is 0 Å². The van der Waals surface area contributed by atoms with E-state index in [2.05, 4.69) is 41.2 Å². The molecule has 2 aromatic heterocycles. The van der Waals surface area contributed by atoms with Crippen molar-refractivity contribution < 1.29 is 0 Å². The summed E-state index contributed by atoms with van der Waals surface area (Å²) in [5.74, 6) is 2.07. The summed E-state index contributed by atoms with van der Waals surface area (Å²) in [6, 6.07) is 0. The molecule has 5 nitrogen and oxygen atoms in total. The third-order valence-electron chi connectivity index (χ3n) is 2.07. The van der Waals surface area contributed by atoms with Crippen LogP contribution in [0.25, 0.3) is 11.6 Å². The maximum absolute atomic E-state index is 4.40. The van der Waals surface area contributed by atoms with Crippen molar-refractivity contribution in [3.05, 3.63) is 22.6 Å². The highest BCUT2D eigenvalue weighted by atomic mass is 79.9. The van der Waals surface area contributed by atoms with E-state index in [9.17, 15) is 0 Å². The van der Waals surface area contributed by atoms with Gasteiger partial charge in [0.2, 0.25) is 0 Å². The van der Waals surface area contributed by atoms with Gasteiger partial charge in [-0.3, -0.25) is 0 Å². The largest absolute Gasteiger partial charge is 0.369 e. The molecule has 16 heavy (non-hydrogen) atoms. The molecule has 0 spiro atoms. The molecular formula is C10H12BrN5. The lowest BCUT2D eigenvalue weighted by Crippen LogP contribution is -2.04. The minimum atomic E-state index is 0.599. The predicted molar refractivity (Wildman–Crippen MR) is 66.2 cm³/mol. The Morgan fingerprint density at radius 3 is 2.88 bits per heavy atom. The van der Waals surface area contributed by atoms with E-state index in [1.807, 2.05) is 13.8 Å². The number of nitrogens with zero attached hydrogens (tertiary/aromatic N) is 3. The van der Waals surface area contributed by atoms with E-state index in [0.29, 0.717) is 11.6 Å². The second kappa shape index (κ2) is 4.61. The van der Waals surface area contributed by atoms with Gasteiger partial charge in [-0.25, -0.2) is 15.0 Å². The van der Waals surface area contributed by atoms with Crippen LogP contribution in [0, 0.1) is 6.92 Å². The molecule has 0 aliphatic heterocycles. The molecule has 6 heteroatoms. The van der Waals surface area contributed by atoms with Crippen molar-refractivity contribution in [1.29, 1.82) is 0 Å². The number of aromatic nitrogens is 4. The molecule has 0 aliphatic rings. The first-order valence-corrected chi connectivity index (χ1v) is 5.79. The molecule has 2 heterocycles. The first-order valence-electron chi connectivity index (χ1n) is 5.00. The number of nitrogens with one attached hydrogen (secondary N) is 2. The van der Waals surface area contributed by atoms with E-state index in [0.717, 1.165) is 22.5 Å². The number of hydrogen-bond acceptors (Lipinski definition) is 4. The number of H-pyrrole nitrogens is 1. The van der Waals surface area contributed by atoms with Crippen molar-refractivity contribution in [1.82, 2.24) is 19.9 Å². The standard InChI is InChI=1S/C10H12BrN5/c1-3-12-8-7(11)6(2)15-10(16-8)9-13-4-5-14-9/h4-5H,3H2,1-2H3,(H,13,14)(H,12,15,16). The molecule has 2 aromatic rings. The fourth-order valence-corrected chi connectivity index (χ4v) is 1.65. The van der Waals surface area contributed by atoms with Crippen molar-refractivity contribution in [2.45, 2.75) is 13.8 Å². The van der Waals surface area contributed by atoms with Gasteiger partial charge in [-0.1, -0.05) is 0 Å². The topological polar surface area (TPSA) is 66.5 Å². The number of hydrogen-bond donors (Lipinski definition) is 2. The zero-order valence-electron chi connectivity index (χ0n) is 9.08. The van der Waals surface area contributed by atoms with E-state index >= 15 is 0 Å². The SMILES string of the molecule is CCNc1nc(-c2ncc[nH]2)nc(C)c1Br. The Morgan fingerprint density at radius 2 is 2.25 bits per heavy atom. The van der Waals surface area contributed by atoms with Crippen LogP contribution in [-0.4, -0.2) is 26.5 Å². The van der Waals surface area contributed by atoms with Crippen LogP contribution < -0.4 is 5.32 Å². The minimum Gasteiger partial charge on any atom is -0.369 e. The summed E-state index contributed by atoms with van der Waals surface area (Å²) in [7, 11) is 0. The van der Waals surface area contributed by atoms with Gasteiger partial charge >= 0.3 is 0 Å². The fourth-order valence-electron chi connectivity index (χ4n) is 1.34. The third-order valence-corrected chi connectivity index (χ3v) is 3.02. The van der Waals surface area contributed by atoms with Gasteiger partial charge in [-0.05, 0) is 29.8 Å². The first-order chi connectivity index (χ1) is 7.72. The Labute approximate surface area is 102 Å². The average molecular weight is 282 g/mol. The lowest BCUT2D eigenvalue weighted by atomic mass is 10.4. The third kappa shape index (κ3) is 2.06. The summed E-state index contributed by atoms with van der Waals surface area (Å²) in [5.41, 5.74) is 0.886. The summed E-state index contributed by atoms with van der Waals surface area (Å²) in [6.07, 6.45) is 3.44. The van der Waals surface area contributed by atoms with Gasteiger partial charge in [-0.2, -0.15) is 0 Å². The Balaban J connectivity index is 2.48. The van der Waals surface area contributed by atoms with E-state index < -0.39 is 0 Å². The van der Waals surface area contributed by atoms with Crippen molar-refractivity contribution in [2.75, 3.05) is 11.9 Å². The second-order valence-corrected chi connectivity index (χ2v) is 4.06. The lowest BCUT2D eigenvalue weighted by molar-refractivity contribution is 1.04. The quantitative estimate of drug-likeness (QED) is 0.907. The van der Waals surface area contributed by atoms with Gasteiger partial charge in [-0.15, -0.1) is 0 Å². The lowest BCUT2D eigenvalue weighted by Gasteiger charge is -2.08. The van der Waals surface area contributed by atoms with Gasteiger partial charge in [0, 0.05) is 18.9 Å². The van der Waals surface area contributed by atoms with E-state index in [-0.39, 0.29) is 0 Å². The Hall–Kier alpha value is -1.43. The summed E-state index contributed by atoms with van der Waals surface area (Å²) in [4.78, 5) is 15.9. The summed E-state index contributed by atoms with van der Waals surface area (Å²) in [5, 5.41) is 3.18. The molecular weight excluding hydrogens is 270 g/mol. The first kappa shape index (κ1) is 11.1. The van der Waals surface area contributed by atoms with Crippen molar-refractivity contribution >= 4 is 21.7 Å². The number of anilines is 1. The number of halogens is 1. The van der Waals surface area contributed by atoms with Crippen LogP contribution in [0.4, 0.5) is 5.82 Å². The van der Waals surface area contributed by atoms with Gasteiger partial charge < -0.3 is 10.3 Å². The molecule has 0 amide bonds. The summed E-state index contributed by atoms with van der Waals surface area (Å²) in [6.45, 7) is 4.77. The minimum absolute atomic E-state index is 0.599. The summed E-state index contributed by atoms with van der Waals surface area (Å²) >= 11 is 3.46. The van der Waals surface area contributed by atoms with Crippen LogP contribution in [-0.2, 0) is 0 Å². The maximum Gasteiger partial charge on any atom is 0.197 e. The van der Waals surface area contributed by atoms with Gasteiger partial charge in [0.25, 0.3) is 0 Å². The Kier molecular flexibility index (Phi) is 3.19. The molecule has 0 unspecified atom stereocenters. The van der Waals surface area contributed by atoms with Crippen LogP contribution in [0.1, 0.15) is 12.6 Å². The van der Waals surface area contributed by atoms with Gasteiger partial charge in [0.1, 0.15) is 5.82 Å². The number of rotatable bonds is 3. The molecule has 0 radical (unpaired) electrons. The Bertz CT molecular complexity index is 480.